The van der Waals surface area contributed by atoms with Crippen LogP contribution in [0.5, 0.6) is 0 Å². The van der Waals surface area contributed by atoms with E-state index in [0.717, 1.165) is 11.1 Å². The Kier molecular flexibility index (Phi) is 7.37. The Morgan fingerprint density at radius 1 is 0.914 bits per heavy atom. The van der Waals surface area contributed by atoms with Crippen LogP contribution in [0.1, 0.15) is 27.2 Å². The van der Waals surface area contributed by atoms with E-state index < -0.39 is 10.0 Å². The topological polar surface area (TPSA) is 91.1 Å². The maximum absolute atomic E-state index is 13.7. The van der Waals surface area contributed by atoms with Crippen LogP contribution in [-0.4, -0.2) is 67.1 Å². The first-order valence-electron chi connectivity index (χ1n) is 11.5. The van der Waals surface area contributed by atoms with Gasteiger partial charge >= 0.3 is 0 Å². The number of nitrogens with zero attached hydrogens (tertiary/aromatic N) is 3. The molecule has 0 unspecified atom stereocenters. The lowest BCUT2D eigenvalue weighted by Crippen LogP contribution is -2.53. The fraction of sp³-hybridized carbons (Fsp3) is 0.308. The van der Waals surface area contributed by atoms with E-state index in [1.165, 1.54) is 10.6 Å². The van der Waals surface area contributed by atoms with E-state index in [0.29, 0.717) is 31.7 Å². The Balaban J connectivity index is 1.51. The lowest BCUT2D eigenvalue weighted by molar-refractivity contribution is -0.132. The summed E-state index contributed by atoms with van der Waals surface area (Å²) in [6, 6.07) is 17.8. The van der Waals surface area contributed by atoms with Gasteiger partial charge in [0, 0.05) is 32.7 Å². The van der Waals surface area contributed by atoms with Crippen molar-refractivity contribution in [1.82, 2.24) is 14.1 Å². The third kappa shape index (κ3) is 5.63. The molecule has 0 bridgehead atoms. The molecule has 35 heavy (non-hydrogen) atoms. The standard InChI is InChI=1S/C26H29N3O5S/c1-20-10-11-21(2)24(17-20)35(32,33)29(18-22-7-4-3-5-8-22)19-25(30)27-12-14-28(15-13-27)26(31)23-9-6-16-34-23/h3-11,16-17H,12-15,18-19H2,1-2H3. The summed E-state index contributed by atoms with van der Waals surface area (Å²) >= 11 is 0. The molecule has 9 heteroatoms. The van der Waals surface area contributed by atoms with Crippen molar-refractivity contribution >= 4 is 21.8 Å². The van der Waals surface area contributed by atoms with Crippen LogP contribution in [0.3, 0.4) is 0 Å². The molecule has 2 heterocycles. The van der Waals surface area contributed by atoms with Gasteiger partial charge < -0.3 is 14.2 Å². The molecule has 0 N–H and O–H groups in total. The summed E-state index contributed by atoms with van der Waals surface area (Å²) < 4.78 is 33.8. The Morgan fingerprint density at radius 3 is 2.26 bits per heavy atom. The molecule has 2 amide bonds. The number of carbonyl (C=O) groups is 2. The summed E-state index contributed by atoms with van der Waals surface area (Å²) in [4.78, 5) is 29.2. The number of benzene rings is 2. The lowest BCUT2D eigenvalue weighted by atomic mass is 10.2. The Morgan fingerprint density at radius 2 is 1.60 bits per heavy atom. The summed E-state index contributed by atoms with van der Waals surface area (Å²) in [6.07, 6.45) is 1.45. The van der Waals surface area contributed by atoms with Crippen molar-refractivity contribution in [3.8, 4) is 0 Å². The number of rotatable bonds is 7. The molecule has 1 aliphatic rings. The van der Waals surface area contributed by atoms with Gasteiger partial charge in [0.25, 0.3) is 5.91 Å². The van der Waals surface area contributed by atoms with Crippen LogP contribution >= 0.6 is 0 Å². The van der Waals surface area contributed by atoms with Crippen molar-refractivity contribution in [1.29, 1.82) is 0 Å². The summed E-state index contributed by atoms with van der Waals surface area (Å²) in [5.41, 5.74) is 2.26. The van der Waals surface area contributed by atoms with Gasteiger partial charge in [-0.15, -0.1) is 0 Å². The van der Waals surface area contributed by atoms with Crippen molar-refractivity contribution in [2.75, 3.05) is 32.7 Å². The van der Waals surface area contributed by atoms with Crippen LogP contribution < -0.4 is 0 Å². The minimum absolute atomic E-state index is 0.0826. The first-order chi connectivity index (χ1) is 16.8. The molecular weight excluding hydrogens is 466 g/mol. The monoisotopic (exact) mass is 495 g/mol. The van der Waals surface area contributed by atoms with Crippen LogP contribution in [0.15, 0.2) is 76.2 Å². The molecular formula is C26H29N3O5S. The first kappa shape index (κ1) is 24.7. The maximum Gasteiger partial charge on any atom is 0.289 e. The van der Waals surface area contributed by atoms with Gasteiger partial charge in [-0.25, -0.2) is 8.42 Å². The highest BCUT2D eigenvalue weighted by Crippen LogP contribution is 2.23. The molecule has 1 aliphatic heterocycles. The molecule has 0 spiro atoms. The van der Waals surface area contributed by atoms with E-state index in [4.69, 9.17) is 4.42 Å². The summed E-state index contributed by atoms with van der Waals surface area (Å²) in [6.45, 7) is 4.76. The van der Waals surface area contributed by atoms with Crippen LogP contribution in [0, 0.1) is 13.8 Å². The van der Waals surface area contributed by atoms with E-state index >= 15 is 0 Å². The number of amides is 2. The van der Waals surface area contributed by atoms with Crippen molar-refractivity contribution in [3.05, 3.63) is 89.4 Å². The highest BCUT2D eigenvalue weighted by Gasteiger charge is 2.32. The predicted molar refractivity (Wildman–Crippen MR) is 131 cm³/mol. The zero-order valence-electron chi connectivity index (χ0n) is 19.9. The first-order valence-corrected chi connectivity index (χ1v) is 12.9. The van der Waals surface area contributed by atoms with Crippen LogP contribution in [0.4, 0.5) is 0 Å². The van der Waals surface area contributed by atoms with E-state index in [9.17, 15) is 18.0 Å². The molecule has 1 aromatic heterocycles. The van der Waals surface area contributed by atoms with Gasteiger partial charge in [-0.2, -0.15) is 4.31 Å². The number of hydrogen-bond donors (Lipinski definition) is 0. The van der Waals surface area contributed by atoms with Crippen LogP contribution in [0.25, 0.3) is 0 Å². The third-order valence-electron chi connectivity index (χ3n) is 6.13. The third-order valence-corrected chi connectivity index (χ3v) is 8.06. The van der Waals surface area contributed by atoms with Gasteiger partial charge in [0.05, 0.1) is 17.7 Å². The molecule has 0 atom stereocenters. The van der Waals surface area contributed by atoms with E-state index in [-0.39, 0.29) is 35.6 Å². The fourth-order valence-corrected chi connectivity index (χ4v) is 5.79. The Labute approximate surface area is 205 Å². The summed E-state index contributed by atoms with van der Waals surface area (Å²) in [5, 5.41) is 0. The van der Waals surface area contributed by atoms with Crippen LogP contribution in [0.2, 0.25) is 0 Å². The SMILES string of the molecule is Cc1ccc(C)c(S(=O)(=O)N(CC(=O)N2CCN(C(=O)c3ccco3)CC2)Cc2ccccc2)c1. The number of sulfonamides is 1. The van der Waals surface area contributed by atoms with Crippen LogP contribution in [-0.2, 0) is 21.4 Å². The smallest absolute Gasteiger partial charge is 0.289 e. The molecule has 184 valence electrons. The lowest BCUT2D eigenvalue weighted by Gasteiger charge is -2.35. The zero-order chi connectivity index (χ0) is 25.0. The largest absolute Gasteiger partial charge is 0.459 e. The molecule has 8 nitrogen and oxygen atoms in total. The predicted octanol–water partition coefficient (Wildman–Crippen LogP) is 3.07. The minimum atomic E-state index is -3.93. The number of furan rings is 1. The molecule has 0 aliphatic carbocycles. The molecule has 1 saturated heterocycles. The summed E-state index contributed by atoms with van der Waals surface area (Å²) in [5.74, 6) is -0.247. The molecule has 4 rings (SSSR count). The summed E-state index contributed by atoms with van der Waals surface area (Å²) in [7, 11) is -3.93. The van der Waals surface area contributed by atoms with Crippen molar-refractivity contribution in [2.45, 2.75) is 25.3 Å². The Hall–Kier alpha value is -3.43. The van der Waals surface area contributed by atoms with Gasteiger partial charge in [0.15, 0.2) is 5.76 Å². The van der Waals surface area contributed by atoms with E-state index in [1.54, 1.807) is 41.0 Å². The Bertz CT molecular complexity index is 1280. The van der Waals surface area contributed by atoms with Crippen molar-refractivity contribution in [3.63, 3.8) is 0 Å². The van der Waals surface area contributed by atoms with Crippen molar-refractivity contribution < 1.29 is 22.4 Å². The van der Waals surface area contributed by atoms with Gasteiger partial charge in [-0.1, -0.05) is 42.5 Å². The highest BCUT2D eigenvalue weighted by atomic mass is 32.2. The molecule has 3 aromatic rings. The number of hydrogen-bond acceptors (Lipinski definition) is 5. The van der Waals surface area contributed by atoms with Gasteiger partial charge in [0.1, 0.15) is 0 Å². The molecule has 0 radical (unpaired) electrons. The average molecular weight is 496 g/mol. The van der Waals surface area contributed by atoms with E-state index in [1.807, 2.05) is 43.3 Å². The molecule has 2 aromatic carbocycles. The van der Waals surface area contributed by atoms with Gasteiger partial charge in [-0.05, 0) is 48.7 Å². The second-order valence-corrected chi connectivity index (χ2v) is 10.6. The van der Waals surface area contributed by atoms with Gasteiger partial charge in [0.2, 0.25) is 15.9 Å². The normalized spacial score (nSPS) is 14.4. The second kappa shape index (κ2) is 10.5. The quantitative estimate of drug-likeness (QED) is 0.502. The maximum atomic E-state index is 13.7. The average Bonchev–Trinajstić information content (AvgIpc) is 3.40. The molecule has 0 saturated carbocycles. The number of carbonyl (C=O) groups excluding carboxylic acids is 2. The fourth-order valence-electron chi connectivity index (χ4n) is 4.10. The number of piperazine rings is 1. The minimum Gasteiger partial charge on any atom is -0.459 e. The van der Waals surface area contributed by atoms with Crippen molar-refractivity contribution in [2.24, 2.45) is 0 Å². The zero-order valence-corrected chi connectivity index (χ0v) is 20.7. The number of aryl methyl sites for hydroxylation is 2. The second-order valence-electron chi connectivity index (χ2n) is 8.68. The molecule has 1 fully saturated rings. The highest BCUT2D eigenvalue weighted by molar-refractivity contribution is 7.89. The van der Waals surface area contributed by atoms with Gasteiger partial charge in [-0.3, -0.25) is 9.59 Å². The van der Waals surface area contributed by atoms with E-state index in [2.05, 4.69) is 0 Å².